The largest absolute Gasteiger partial charge is 0.345 e. The molecule has 2 fully saturated rings. The van der Waals surface area contributed by atoms with Gasteiger partial charge >= 0.3 is 0 Å². The first kappa shape index (κ1) is 16.3. The number of piperidine rings is 1. The number of likely N-dealkylation sites (tertiary alicyclic amines) is 2. The highest BCUT2D eigenvalue weighted by Crippen LogP contribution is 2.30. The van der Waals surface area contributed by atoms with Gasteiger partial charge in [-0.3, -0.25) is 14.4 Å². The molecule has 134 valence electrons. The summed E-state index contributed by atoms with van der Waals surface area (Å²) in [7, 11) is 1.75. The normalized spacial score (nSPS) is 26.2. The molecule has 2 atom stereocenters. The minimum absolute atomic E-state index is 0.0467. The Labute approximate surface area is 146 Å². The van der Waals surface area contributed by atoms with Crippen LogP contribution >= 0.6 is 0 Å². The van der Waals surface area contributed by atoms with Crippen molar-refractivity contribution >= 4 is 11.8 Å². The molecule has 0 aliphatic carbocycles. The number of rotatable bonds is 2. The van der Waals surface area contributed by atoms with Crippen LogP contribution in [-0.4, -0.2) is 57.8 Å². The fourth-order valence-electron chi connectivity index (χ4n) is 4.46. The second-order valence-electron chi connectivity index (χ2n) is 7.49. The van der Waals surface area contributed by atoms with Gasteiger partial charge in [0.15, 0.2) is 0 Å². The van der Waals surface area contributed by atoms with Crippen LogP contribution in [0.1, 0.15) is 43.1 Å². The predicted octanol–water partition coefficient (Wildman–Crippen LogP) is 0.374. The number of amides is 2. The van der Waals surface area contributed by atoms with Gasteiger partial charge in [-0.2, -0.15) is 4.98 Å². The van der Waals surface area contributed by atoms with Crippen LogP contribution in [0.5, 0.6) is 0 Å². The monoisotopic (exact) mass is 344 g/mol. The summed E-state index contributed by atoms with van der Waals surface area (Å²) >= 11 is 0. The summed E-state index contributed by atoms with van der Waals surface area (Å²) in [6, 6.07) is 1.65. The van der Waals surface area contributed by atoms with E-state index in [1.807, 2.05) is 4.90 Å². The highest BCUT2D eigenvalue weighted by atomic mass is 16.2. The highest BCUT2D eigenvalue weighted by molar-refractivity contribution is 5.89. The van der Waals surface area contributed by atoms with Crippen LogP contribution < -0.4 is 5.56 Å². The van der Waals surface area contributed by atoms with E-state index < -0.39 is 0 Å². The van der Waals surface area contributed by atoms with Crippen molar-refractivity contribution in [2.24, 2.45) is 5.92 Å². The van der Waals surface area contributed by atoms with Crippen LogP contribution in [0.4, 0.5) is 0 Å². The molecule has 2 amide bonds. The quantitative estimate of drug-likeness (QED) is 0.777. The Morgan fingerprint density at radius 2 is 2.04 bits per heavy atom. The zero-order valence-corrected chi connectivity index (χ0v) is 14.6. The summed E-state index contributed by atoms with van der Waals surface area (Å²) in [5.41, 5.74) is 0.860. The predicted molar refractivity (Wildman–Crippen MR) is 91.1 cm³/mol. The Morgan fingerprint density at radius 1 is 1.20 bits per heavy atom. The van der Waals surface area contributed by atoms with Crippen LogP contribution in [0, 0.1) is 5.92 Å². The minimum atomic E-state index is -0.220. The van der Waals surface area contributed by atoms with Crippen LogP contribution in [0.2, 0.25) is 0 Å². The molecule has 7 heteroatoms. The van der Waals surface area contributed by atoms with Crippen molar-refractivity contribution in [3.05, 3.63) is 27.9 Å². The number of carbonyl (C=O) groups is 2. The van der Waals surface area contributed by atoms with Crippen molar-refractivity contribution in [2.75, 3.05) is 26.7 Å². The first-order valence-electron chi connectivity index (χ1n) is 9.16. The fourth-order valence-corrected chi connectivity index (χ4v) is 4.46. The van der Waals surface area contributed by atoms with Crippen LogP contribution in [-0.2, 0) is 22.6 Å². The van der Waals surface area contributed by atoms with E-state index in [4.69, 9.17) is 0 Å². The van der Waals surface area contributed by atoms with Gasteiger partial charge in [0.25, 0.3) is 5.56 Å². The first-order chi connectivity index (χ1) is 12.0. The molecule has 2 saturated heterocycles. The van der Waals surface area contributed by atoms with Gasteiger partial charge in [-0.25, -0.2) is 0 Å². The average Bonchev–Trinajstić information content (AvgIpc) is 3.20. The van der Waals surface area contributed by atoms with E-state index in [9.17, 15) is 14.4 Å². The van der Waals surface area contributed by atoms with Crippen molar-refractivity contribution in [3.8, 4) is 0 Å². The SMILES string of the molecule is CN1C[C@H](C(=O)N2CCC[C@H](c3cc(=O)nc4n3CCC4)C2)CC1=O. The van der Waals surface area contributed by atoms with Gasteiger partial charge in [0.05, 0.1) is 5.92 Å². The lowest BCUT2D eigenvalue weighted by atomic mass is 9.93. The molecule has 0 aromatic carbocycles. The lowest BCUT2D eigenvalue weighted by Crippen LogP contribution is -2.43. The van der Waals surface area contributed by atoms with Gasteiger partial charge in [0.1, 0.15) is 5.82 Å². The topological polar surface area (TPSA) is 75.5 Å². The number of aryl methyl sites for hydroxylation is 1. The molecule has 0 bridgehead atoms. The molecule has 3 aliphatic rings. The van der Waals surface area contributed by atoms with Crippen LogP contribution in [0.25, 0.3) is 0 Å². The van der Waals surface area contributed by atoms with Gasteiger partial charge < -0.3 is 14.4 Å². The second kappa shape index (κ2) is 6.28. The summed E-state index contributed by atoms with van der Waals surface area (Å²) in [5.74, 6) is 0.974. The Bertz CT molecular complexity index is 772. The third-order valence-corrected chi connectivity index (χ3v) is 5.76. The second-order valence-corrected chi connectivity index (χ2v) is 7.49. The number of hydrogen-bond donors (Lipinski definition) is 0. The summed E-state index contributed by atoms with van der Waals surface area (Å²) in [6.07, 6.45) is 4.11. The zero-order valence-electron chi connectivity index (χ0n) is 14.6. The third kappa shape index (κ3) is 2.96. The van der Waals surface area contributed by atoms with E-state index in [1.54, 1.807) is 18.0 Å². The summed E-state index contributed by atoms with van der Waals surface area (Å²) < 4.78 is 2.17. The van der Waals surface area contributed by atoms with Gasteiger partial charge in [0, 0.05) is 63.7 Å². The molecule has 0 saturated carbocycles. The smallest absolute Gasteiger partial charge is 0.273 e. The molecule has 7 nitrogen and oxygen atoms in total. The number of fused-ring (bicyclic) bond motifs is 1. The molecular formula is C18H24N4O3. The van der Waals surface area contributed by atoms with Crippen molar-refractivity contribution in [1.82, 2.24) is 19.4 Å². The van der Waals surface area contributed by atoms with E-state index >= 15 is 0 Å². The van der Waals surface area contributed by atoms with Crippen molar-refractivity contribution in [1.29, 1.82) is 0 Å². The lowest BCUT2D eigenvalue weighted by molar-refractivity contribution is -0.137. The molecule has 0 spiro atoms. The Morgan fingerprint density at radius 3 is 2.80 bits per heavy atom. The van der Waals surface area contributed by atoms with Gasteiger partial charge in [0.2, 0.25) is 11.8 Å². The number of hydrogen-bond acceptors (Lipinski definition) is 4. The summed E-state index contributed by atoms with van der Waals surface area (Å²) in [5, 5.41) is 0. The molecule has 4 rings (SSSR count). The Kier molecular flexibility index (Phi) is 4.09. The van der Waals surface area contributed by atoms with Gasteiger partial charge in [-0.15, -0.1) is 0 Å². The maximum atomic E-state index is 12.8. The fraction of sp³-hybridized carbons (Fsp3) is 0.667. The van der Waals surface area contributed by atoms with Crippen LogP contribution in [0.3, 0.4) is 0 Å². The summed E-state index contributed by atoms with van der Waals surface area (Å²) in [6.45, 7) is 2.80. The molecular weight excluding hydrogens is 320 g/mol. The van der Waals surface area contributed by atoms with Gasteiger partial charge in [-0.05, 0) is 19.3 Å². The van der Waals surface area contributed by atoms with E-state index in [2.05, 4.69) is 9.55 Å². The van der Waals surface area contributed by atoms with Crippen molar-refractivity contribution in [3.63, 3.8) is 0 Å². The van der Waals surface area contributed by atoms with E-state index in [1.165, 1.54) is 0 Å². The number of nitrogens with zero attached hydrogens (tertiary/aromatic N) is 4. The van der Waals surface area contributed by atoms with Crippen molar-refractivity contribution in [2.45, 2.75) is 44.6 Å². The highest BCUT2D eigenvalue weighted by Gasteiger charge is 2.37. The third-order valence-electron chi connectivity index (χ3n) is 5.76. The molecule has 0 radical (unpaired) electrons. The Balaban J connectivity index is 1.53. The molecule has 0 unspecified atom stereocenters. The minimum Gasteiger partial charge on any atom is -0.345 e. The number of aromatic nitrogens is 2. The molecule has 25 heavy (non-hydrogen) atoms. The summed E-state index contributed by atoms with van der Waals surface area (Å²) in [4.78, 5) is 44.2. The Hall–Kier alpha value is -2.18. The zero-order chi connectivity index (χ0) is 17.6. The van der Waals surface area contributed by atoms with Crippen molar-refractivity contribution < 1.29 is 9.59 Å². The van der Waals surface area contributed by atoms with Gasteiger partial charge in [-0.1, -0.05) is 0 Å². The maximum absolute atomic E-state index is 12.8. The maximum Gasteiger partial charge on any atom is 0.273 e. The van der Waals surface area contributed by atoms with Crippen LogP contribution in [0.15, 0.2) is 10.9 Å². The van der Waals surface area contributed by atoms with E-state index in [0.29, 0.717) is 19.5 Å². The molecule has 0 N–H and O–H groups in total. The average molecular weight is 344 g/mol. The first-order valence-corrected chi connectivity index (χ1v) is 9.16. The van der Waals surface area contributed by atoms with E-state index in [0.717, 1.165) is 50.3 Å². The molecule has 1 aromatic heterocycles. The number of carbonyl (C=O) groups excluding carboxylic acids is 2. The standard InChI is InChI=1S/C18H24N4O3/c1-20-10-13(8-17(20)24)18(25)21-6-2-4-12(11-21)14-9-16(23)19-15-5-3-7-22(14)15/h9,12-13H,2-8,10-11H2,1H3/t12-,13+/m0/s1. The molecule has 4 heterocycles. The molecule has 1 aromatic rings. The molecule has 3 aliphatic heterocycles. The van der Waals surface area contributed by atoms with E-state index in [-0.39, 0.29) is 29.2 Å². The lowest BCUT2D eigenvalue weighted by Gasteiger charge is -2.35.